The van der Waals surface area contributed by atoms with E-state index < -0.39 is 22.9 Å². The van der Waals surface area contributed by atoms with E-state index in [1.165, 1.54) is 32.6 Å². The maximum absolute atomic E-state index is 10.7. The van der Waals surface area contributed by atoms with E-state index in [2.05, 4.69) is 149 Å². The topological polar surface area (TPSA) is 57.2 Å². The van der Waals surface area contributed by atoms with Gasteiger partial charge in [0, 0.05) is 0 Å². The molecule has 0 aromatic heterocycles. The highest BCUT2D eigenvalue weighted by molar-refractivity contribution is 7.95. The minimum atomic E-state index is -6.09. The highest BCUT2D eigenvalue weighted by atomic mass is 32.2. The van der Waals surface area contributed by atoms with Crippen LogP contribution in [0.4, 0.5) is 13.2 Å². The van der Waals surface area contributed by atoms with Crippen molar-refractivity contribution in [3.8, 4) is 0 Å². The van der Waals surface area contributed by atoms with Crippen molar-refractivity contribution < 1.29 is 26.1 Å². The molecule has 3 rings (SSSR count). The molecule has 0 aliphatic rings. The number of rotatable bonds is 10. The second-order valence-electron chi connectivity index (χ2n) is 10.0. The predicted molar refractivity (Wildman–Crippen MR) is 171 cm³/mol. The first kappa shape index (κ1) is 34.9. The summed E-state index contributed by atoms with van der Waals surface area (Å²) < 4.78 is 58.9. The molecule has 0 aliphatic heterocycles. The number of hydrogen-bond acceptors (Lipinski definition) is 3. The van der Waals surface area contributed by atoms with Crippen molar-refractivity contribution in [2.45, 2.75) is 46.0 Å². The van der Waals surface area contributed by atoms with E-state index >= 15 is 0 Å². The molecule has 0 spiro atoms. The molecule has 0 saturated carbocycles. The first-order valence-electron chi connectivity index (χ1n) is 13.5. The second kappa shape index (κ2) is 16.4. The van der Waals surface area contributed by atoms with Gasteiger partial charge in [-0.1, -0.05) is 95.6 Å². The Morgan fingerprint density at radius 3 is 1.52 bits per heavy atom. The van der Waals surface area contributed by atoms with Crippen LogP contribution in [0.5, 0.6) is 0 Å². The van der Waals surface area contributed by atoms with E-state index in [1.54, 1.807) is 0 Å². The normalized spacial score (nSPS) is 13.0. The summed E-state index contributed by atoms with van der Waals surface area (Å²) in [5.41, 5.74) is -1.53. The Labute approximate surface area is 249 Å². The van der Waals surface area contributed by atoms with Crippen molar-refractivity contribution in [2.24, 2.45) is 0 Å². The highest BCUT2D eigenvalue weighted by Gasteiger charge is 2.44. The van der Waals surface area contributed by atoms with Crippen LogP contribution in [0.1, 0.15) is 40.5 Å². The van der Waals surface area contributed by atoms with Gasteiger partial charge in [0.15, 0.2) is 10.1 Å². The summed E-state index contributed by atoms with van der Waals surface area (Å²) in [6.45, 7) is 8.77. The smallest absolute Gasteiger partial charge is 0.485 e. The largest absolute Gasteiger partial charge is 0.741 e. The fraction of sp³-hybridized carbons (Fsp3) is 0.235. The number of halogens is 3. The quantitative estimate of drug-likeness (QED) is 0.0760. The summed E-state index contributed by atoms with van der Waals surface area (Å²) in [7, 11) is -7.91. The van der Waals surface area contributed by atoms with Crippen LogP contribution >= 0.6 is 7.26 Å². The Bertz CT molecular complexity index is 1380. The van der Waals surface area contributed by atoms with Gasteiger partial charge in [-0.15, -0.1) is 0 Å². The van der Waals surface area contributed by atoms with Crippen LogP contribution in [-0.2, 0) is 10.1 Å². The lowest BCUT2D eigenvalue weighted by Crippen LogP contribution is -2.33. The van der Waals surface area contributed by atoms with Gasteiger partial charge in [-0.2, -0.15) is 13.2 Å². The minimum absolute atomic E-state index is 1.00. The van der Waals surface area contributed by atoms with Crippen molar-refractivity contribution in [1.29, 1.82) is 0 Å². The minimum Gasteiger partial charge on any atom is -0.741 e. The van der Waals surface area contributed by atoms with E-state index in [4.69, 9.17) is 13.0 Å². The zero-order valence-electron chi connectivity index (χ0n) is 24.4. The number of hydrogen-bond donors (Lipinski definition) is 0. The Morgan fingerprint density at radius 2 is 1.17 bits per heavy atom. The standard InChI is InChI=1S/C33H38P.CHF3O3S/c1-28(2)16-14-17-29(3)18-15-19-30(4)26-27-34(31-20-8-5-9-21-31,32-22-10-6-11-23-32)33-24-12-7-13-25-33;2-1(3,4)8(5,6)7/h5-13,15-16,18-26H,14,17,27H2,1-4H3;(H,5,6,7)/q+1;/p-1/b19-15+,29-18+,30-26+;. The van der Waals surface area contributed by atoms with Crippen molar-refractivity contribution in [2.75, 3.05) is 6.16 Å². The van der Waals surface area contributed by atoms with Crippen LogP contribution in [0.3, 0.4) is 0 Å². The first-order valence-corrected chi connectivity index (χ1v) is 16.9. The third-order valence-electron chi connectivity index (χ3n) is 6.39. The molecule has 42 heavy (non-hydrogen) atoms. The summed E-state index contributed by atoms with van der Waals surface area (Å²) >= 11 is 0. The van der Waals surface area contributed by atoms with Gasteiger partial charge in [0.25, 0.3) is 0 Å². The molecule has 0 amide bonds. The molecule has 0 saturated heterocycles. The van der Waals surface area contributed by atoms with E-state index in [9.17, 15) is 13.2 Å². The number of alkyl halides is 3. The zero-order chi connectivity index (χ0) is 31.2. The molecule has 3 aromatic rings. The van der Waals surface area contributed by atoms with Crippen LogP contribution in [-0.4, -0.2) is 24.6 Å². The Morgan fingerprint density at radius 1 is 0.762 bits per heavy atom. The molecule has 0 aliphatic carbocycles. The molecule has 224 valence electrons. The molecule has 0 radical (unpaired) electrons. The van der Waals surface area contributed by atoms with E-state index in [0.29, 0.717) is 0 Å². The summed E-state index contributed by atoms with van der Waals surface area (Å²) in [5.74, 6) is 0. The van der Waals surface area contributed by atoms with Crippen LogP contribution in [0, 0.1) is 0 Å². The second-order valence-corrected chi connectivity index (χ2v) is 14.9. The van der Waals surface area contributed by atoms with Crippen LogP contribution < -0.4 is 15.9 Å². The monoisotopic (exact) mass is 614 g/mol. The molecule has 3 nitrogen and oxygen atoms in total. The average Bonchev–Trinajstić information content (AvgIpc) is 2.94. The third-order valence-corrected chi connectivity index (χ3v) is 11.2. The van der Waals surface area contributed by atoms with Gasteiger partial charge in [-0.05, 0) is 83.0 Å². The van der Waals surface area contributed by atoms with Gasteiger partial charge >= 0.3 is 5.51 Å². The van der Waals surface area contributed by atoms with Gasteiger partial charge < -0.3 is 4.55 Å². The van der Waals surface area contributed by atoms with Crippen molar-refractivity contribution in [3.05, 3.63) is 138 Å². The number of benzene rings is 3. The van der Waals surface area contributed by atoms with Crippen molar-refractivity contribution in [1.82, 2.24) is 0 Å². The molecule has 3 aromatic carbocycles. The third kappa shape index (κ3) is 10.9. The number of allylic oxidation sites excluding steroid dienone is 8. The van der Waals surface area contributed by atoms with Crippen LogP contribution in [0.2, 0.25) is 0 Å². The van der Waals surface area contributed by atoms with Crippen molar-refractivity contribution >= 4 is 33.3 Å². The van der Waals surface area contributed by atoms with Gasteiger partial charge in [0.2, 0.25) is 0 Å². The summed E-state index contributed by atoms with van der Waals surface area (Å²) in [4.78, 5) is 0. The van der Waals surface area contributed by atoms with E-state index in [1.807, 2.05) is 0 Å². The molecular formula is C34H38F3O3PS. The SMILES string of the molecule is CC(C)=CCC/C(C)=C/C=C/C(C)=C/C[P+](c1ccccc1)(c1ccccc1)c1ccccc1.O=S(=O)([O-])C(F)(F)F. The molecule has 0 unspecified atom stereocenters. The van der Waals surface area contributed by atoms with Gasteiger partial charge in [-0.3, -0.25) is 0 Å². The molecule has 0 N–H and O–H groups in total. The Kier molecular flexibility index (Phi) is 13.6. The Balaban J connectivity index is 0.000000675. The predicted octanol–water partition coefficient (Wildman–Crippen LogP) is 8.23. The highest BCUT2D eigenvalue weighted by Crippen LogP contribution is 2.55. The zero-order valence-corrected chi connectivity index (χ0v) is 26.1. The molecular weight excluding hydrogens is 576 g/mol. The van der Waals surface area contributed by atoms with Crippen molar-refractivity contribution in [3.63, 3.8) is 0 Å². The average molecular weight is 615 g/mol. The summed E-state index contributed by atoms with van der Waals surface area (Å²) in [5, 5.41) is 4.28. The van der Waals surface area contributed by atoms with Gasteiger partial charge in [-0.25, -0.2) is 8.42 Å². The first-order chi connectivity index (χ1) is 19.8. The van der Waals surface area contributed by atoms with Gasteiger partial charge in [0.1, 0.15) is 23.2 Å². The fourth-order valence-corrected chi connectivity index (χ4v) is 8.33. The molecule has 0 fully saturated rings. The Hall–Kier alpha value is -3.25. The maximum atomic E-state index is 10.7. The maximum Gasteiger partial charge on any atom is 0.485 e. The van der Waals surface area contributed by atoms with Crippen LogP contribution in [0.15, 0.2) is 138 Å². The lowest BCUT2D eigenvalue weighted by atomic mass is 10.1. The van der Waals surface area contributed by atoms with E-state index in [0.717, 1.165) is 19.0 Å². The lowest BCUT2D eigenvalue weighted by molar-refractivity contribution is -0.0517. The molecule has 0 atom stereocenters. The summed E-state index contributed by atoms with van der Waals surface area (Å²) in [6, 6.07) is 33.3. The molecule has 0 bridgehead atoms. The fourth-order valence-electron chi connectivity index (χ4n) is 4.20. The molecule has 8 heteroatoms. The summed E-state index contributed by atoms with van der Waals surface area (Å²) in [6.07, 6.45) is 14.7. The molecule has 0 heterocycles. The van der Waals surface area contributed by atoms with Gasteiger partial charge in [0.05, 0.1) is 6.16 Å². The lowest BCUT2D eigenvalue weighted by Gasteiger charge is -2.26. The van der Waals surface area contributed by atoms with E-state index in [-0.39, 0.29) is 0 Å². The van der Waals surface area contributed by atoms with Crippen LogP contribution in [0.25, 0.3) is 0 Å².